The van der Waals surface area contributed by atoms with Gasteiger partial charge >= 0.3 is 0 Å². The van der Waals surface area contributed by atoms with Crippen molar-refractivity contribution in [2.45, 2.75) is 12.7 Å². The zero-order chi connectivity index (χ0) is 15.6. The van der Waals surface area contributed by atoms with Gasteiger partial charge in [-0.2, -0.15) is 11.8 Å². The molecular formula is C19H21NOS. The number of hydrogen-bond acceptors (Lipinski definition) is 2. The van der Waals surface area contributed by atoms with Crippen molar-refractivity contribution in [1.82, 2.24) is 5.32 Å². The summed E-state index contributed by atoms with van der Waals surface area (Å²) < 4.78 is 0. The molecule has 0 atom stereocenters. The van der Waals surface area contributed by atoms with Crippen molar-refractivity contribution in [1.29, 1.82) is 0 Å². The Labute approximate surface area is 136 Å². The van der Waals surface area contributed by atoms with E-state index in [1.54, 1.807) is 6.08 Å². The lowest BCUT2D eigenvalue weighted by Crippen LogP contribution is -2.23. The number of rotatable bonds is 7. The van der Waals surface area contributed by atoms with Crippen molar-refractivity contribution >= 4 is 23.7 Å². The standard InChI is InChI=1S/C19H21NOS/c1-16-7-9-17(10-8-16)11-12-19(21)20-13-14-22-15-18-5-3-2-4-6-18/h2-12H,13-15H2,1H3,(H,20,21)/b12-11+. The number of nitrogens with one attached hydrogen (secondary N) is 1. The summed E-state index contributed by atoms with van der Waals surface area (Å²) in [5, 5.41) is 2.90. The number of benzene rings is 2. The van der Waals surface area contributed by atoms with Crippen molar-refractivity contribution in [2.24, 2.45) is 0 Å². The molecule has 0 heterocycles. The maximum absolute atomic E-state index is 11.7. The van der Waals surface area contributed by atoms with E-state index in [9.17, 15) is 4.79 Å². The van der Waals surface area contributed by atoms with Gasteiger partial charge in [0.2, 0.25) is 5.91 Å². The highest BCUT2D eigenvalue weighted by Gasteiger charge is 1.96. The van der Waals surface area contributed by atoms with E-state index in [2.05, 4.69) is 17.4 Å². The summed E-state index contributed by atoms with van der Waals surface area (Å²) in [7, 11) is 0. The van der Waals surface area contributed by atoms with E-state index in [4.69, 9.17) is 0 Å². The van der Waals surface area contributed by atoms with Crippen molar-refractivity contribution in [2.75, 3.05) is 12.3 Å². The highest BCUT2D eigenvalue weighted by molar-refractivity contribution is 7.98. The minimum Gasteiger partial charge on any atom is -0.352 e. The second-order valence-electron chi connectivity index (χ2n) is 5.07. The molecule has 0 aromatic heterocycles. The summed E-state index contributed by atoms with van der Waals surface area (Å²) in [4.78, 5) is 11.7. The lowest BCUT2D eigenvalue weighted by molar-refractivity contribution is -0.116. The Morgan fingerprint density at radius 3 is 2.55 bits per heavy atom. The van der Waals surface area contributed by atoms with E-state index >= 15 is 0 Å². The predicted molar refractivity (Wildman–Crippen MR) is 95.8 cm³/mol. The molecule has 0 bridgehead atoms. The topological polar surface area (TPSA) is 29.1 Å². The summed E-state index contributed by atoms with van der Waals surface area (Å²) in [5.41, 5.74) is 3.58. The third kappa shape index (κ3) is 6.19. The van der Waals surface area contributed by atoms with Gasteiger partial charge in [-0.1, -0.05) is 60.2 Å². The van der Waals surface area contributed by atoms with Gasteiger partial charge in [0.25, 0.3) is 0 Å². The summed E-state index contributed by atoms with van der Waals surface area (Å²) in [5.74, 6) is 1.86. The van der Waals surface area contributed by atoms with Crippen molar-refractivity contribution < 1.29 is 4.79 Å². The van der Waals surface area contributed by atoms with Crippen LogP contribution in [0.4, 0.5) is 0 Å². The molecule has 3 heteroatoms. The van der Waals surface area contributed by atoms with Gasteiger partial charge in [0.05, 0.1) is 0 Å². The monoisotopic (exact) mass is 311 g/mol. The van der Waals surface area contributed by atoms with E-state index in [1.165, 1.54) is 11.1 Å². The molecule has 0 spiro atoms. The molecule has 1 amide bonds. The number of hydrogen-bond donors (Lipinski definition) is 1. The molecule has 2 nitrogen and oxygen atoms in total. The normalized spacial score (nSPS) is 10.8. The van der Waals surface area contributed by atoms with Gasteiger partial charge in [-0.05, 0) is 24.1 Å². The molecule has 22 heavy (non-hydrogen) atoms. The Bertz CT molecular complexity index is 605. The van der Waals surface area contributed by atoms with Crippen LogP contribution < -0.4 is 5.32 Å². The molecule has 0 saturated carbocycles. The Kier molecular flexibility index (Phi) is 6.78. The smallest absolute Gasteiger partial charge is 0.244 e. The van der Waals surface area contributed by atoms with Crippen LogP contribution in [0.2, 0.25) is 0 Å². The van der Waals surface area contributed by atoms with Crippen molar-refractivity contribution in [3.63, 3.8) is 0 Å². The molecule has 1 N–H and O–H groups in total. The van der Waals surface area contributed by atoms with E-state index in [0.717, 1.165) is 17.1 Å². The average molecular weight is 311 g/mol. The summed E-state index contributed by atoms with van der Waals surface area (Å²) >= 11 is 1.83. The molecule has 0 saturated heterocycles. The van der Waals surface area contributed by atoms with Gasteiger partial charge in [-0.3, -0.25) is 4.79 Å². The first-order chi connectivity index (χ1) is 10.7. The van der Waals surface area contributed by atoms with Crippen LogP contribution in [0, 0.1) is 6.92 Å². The SMILES string of the molecule is Cc1ccc(/C=C/C(=O)NCCSCc2ccccc2)cc1. The van der Waals surface area contributed by atoms with Crippen LogP contribution in [-0.4, -0.2) is 18.2 Å². The summed E-state index contributed by atoms with van der Waals surface area (Å²) in [6, 6.07) is 18.5. The minimum atomic E-state index is -0.0408. The molecule has 0 aliphatic rings. The quantitative estimate of drug-likeness (QED) is 0.617. The van der Waals surface area contributed by atoms with Crippen LogP contribution >= 0.6 is 11.8 Å². The number of amides is 1. The van der Waals surface area contributed by atoms with Gasteiger partial charge < -0.3 is 5.32 Å². The highest BCUT2D eigenvalue weighted by atomic mass is 32.2. The number of thioether (sulfide) groups is 1. The minimum absolute atomic E-state index is 0.0408. The van der Waals surface area contributed by atoms with Crippen molar-refractivity contribution in [3.8, 4) is 0 Å². The Morgan fingerprint density at radius 1 is 1.09 bits per heavy atom. The van der Waals surface area contributed by atoms with Crippen LogP contribution in [-0.2, 0) is 10.5 Å². The van der Waals surface area contributed by atoms with E-state index in [1.807, 2.05) is 67.2 Å². The van der Waals surface area contributed by atoms with Gasteiger partial charge in [0.15, 0.2) is 0 Å². The first-order valence-corrected chi connectivity index (χ1v) is 8.54. The molecule has 0 aliphatic heterocycles. The van der Waals surface area contributed by atoms with Crippen LogP contribution in [0.3, 0.4) is 0 Å². The van der Waals surface area contributed by atoms with E-state index < -0.39 is 0 Å². The van der Waals surface area contributed by atoms with Crippen LogP contribution in [0.5, 0.6) is 0 Å². The Morgan fingerprint density at radius 2 is 1.82 bits per heavy atom. The molecular weight excluding hydrogens is 290 g/mol. The van der Waals surface area contributed by atoms with Gasteiger partial charge in [-0.25, -0.2) is 0 Å². The fourth-order valence-electron chi connectivity index (χ4n) is 1.92. The number of carbonyl (C=O) groups excluding carboxylic acids is 1. The molecule has 0 unspecified atom stereocenters. The lowest BCUT2D eigenvalue weighted by Gasteiger charge is -2.03. The second kappa shape index (κ2) is 9.11. The number of aryl methyl sites for hydroxylation is 1. The molecule has 0 aliphatic carbocycles. The molecule has 2 rings (SSSR count). The molecule has 0 radical (unpaired) electrons. The maximum atomic E-state index is 11.7. The largest absolute Gasteiger partial charge is 0.352 e. The third-order valence-corrected chi connectivity index (χ3v) is 4.19. The summed E-state index contributed by atoms with van der Waals surface area (Å²) in [6.07, 6.45) is 3.43. The molecule has 0 fully saturated rings. The first kappa shape index (κ1) is 16.4. The van der Waals surface area contributed by atoms with Gasteiger partial charge in [0.1, 0.15) is 0 Å². The highest BCUT2D eigenvalue weighted by Crippen LogP contribution is 2.10. The third-order valence-electron chi connectivity index (χ3n) is 3.16. The van der Waals surface area contributed by atoms with Crippen LogP contribution in [0.1, 0.15) is 16.7 Å². The molecule has 2 aromatic rings. The first-order valence-electron chi connectivity index (χ1n) is 7.38. The molecule has 2 aromatic carbocycles. The maximum Gasteiger partial charge on any atom is 0.244 e. The fourth-order valence-corrected chi connectivity index (χ4v) is 2.74. The van der Waals surface area contributed by atoms with E-state index in [-0.39, 0.29) is 5.91 Å². The Balaban J connectivity index is 1.62. The lowest BCUT2D eigenvalue weighted by atomic mass is 10.1. The summed E-state index contributed by atoms with van der Waals surface area (Å²) in [6.45, 7) is 2.74. The fraction of sp³-hybridized carbons (Fsp3) is 0.211. The average Bonchev–Trinajstić information content (AvgIpc) is 2.55. The van der Waals surface area contributed by atoms with E-state index in [0.29, 0.717) is 6.54 Å². The number of carbonyl (C=O) groups is 1. The second-order valence-corrected chi connectivity index (χ2v) is 6.18. The van der Waals surface area contributed by atoms with Gasteiger partial charge in [-0.15, -0.1) is 0 Å². The predicted octanol–water partition coefficient (Wildman–Crippen LogP) is 4.06. The van der Waals surface area contributed by atoms with Crippen LogP contribution in [0.15, 0.2) is 60.7 Å². The van der Waals surface area contributed by atoms with Crippen molar-refractivity contribution in [3.05, 3.63) is 77.4 Å². The Hall–Kier alpha value is -2.00. The zero-order valence-corrected chi connectivity index (χ0v) is 13.6. The molecule has 114 valence electrons. The zero-order valence-electron chi connectivity index (χ0n) is 12.8. The van der Waals surface area contributed by atoms with Crippen LogP contribution in [0.25, 0.3) is 6.08 Å². The van der Waals surface area contributed by atoms with Gasteiger partial charge in [0, 0.05) is 24.1 Å².